The average Bonchev–Trinajstić information content (AvgIpc) is 2.41. The Balaban J connectivity index is 1.94. The molecule has 2 fully saturated rings. The Kier molecular flexibility index (Phi) is 5.04. The molecule has 20 heavy (non-hydrogen) atoms. The summed E-state index contributed by atoms with van der Waals surface area (Å²) in [5.41, 5.74) is -0.307. The van der Waals surface area contributed by atoms with E-state index in [-0.39, 0.29) is 17.1 Å². The van der Waals surface area contributed by atoms with Gasteiger partial charge in [0.25, 0.3) is 0 Å². The zero-order chi connectivity index (χ0) is 14.8. The molecular weight excluding hydrogens is 248 g/mol. The van der Waals surface area contributed by atoms with E-state index in [1.165, 1.54) is 32.1 Å². The maximum atomic E-state index is 12.2. The average molecular weight is 278 g/mol. The number of carbonyl (C=O) groups excluding carboxylic acids is 2. The normalized spacial score (nSPS) is 29.4. The van der Waals surface area contributed by atoms with Gasteiger partial charge in [-0.3, -0.25) is 9.59 Å². The van der Waals surface area contributed by atoms with Crippen molar-refractivity contribution in [1.29, 1.82) is 0 Å². The molecule has 0 aromatic carbocycles. The molecule has 2 atom stereocenters. The first kappa shape index (κ1) is 15.7. The summed E-state index contributed by atoms with van der Waals surface area (Å²) in [5.74, 6) is 2.13. The van der Waals surface area contributed by atoms with Gasteiger partial charge in [-0.05, 0) is 24.7 Å². The lowest BCUT2D eigenvalue weighted by Crippen LogP contribution is -2.33. The van der Waals surface area contributed by atoms with Crippen LogP contribution in [0.3, 0.4) is 0 Å². The van der Waals surface area contributed by atoms with Gasteiger partial charge in [-0.1, -0.05) is 52.9 Å². The Morgan fingerprint density at radius 1 is 1.05 bits per heavy atom. The summed E-state index contributed by atoms with van der Waals surface area (Å²) in [6.07, 6.45) is 10.0. The van der Waals surface area contributed by atoms with Crippen molar-refractivity contribution in [3.63, 3.8) is 0 Å². The van der Waals surface area contributed by atoms with E-state index in [2.05, 4.69) is 0 Å². The second-order valence-electron chi connectivity index (χ2n) is 7.97. The van der Waals surface area contributed by atoms with E-state index < -0.39 is 0 Å². The second kappa shape index (κ2) is 6.41. The maximum absolute atomic E-state index is 12.2. The van der Waals surface area contributed by atoms with Crippen LogP contribution in [0.25, 0.3) is 0 Å². The quantitative estimate of drug-likeness (QED) is 0.758. The van der Waals surface area contributed by atoms with Crippen LogP contribution >= 0.6 is 0 Å². The van der Waals surface area contributed by atoms with E-state index >= 15 is 0 Å². The molecule has 2 rings (SSSR count). The number of ketones is 2. The van der Waals surface area contributed by atoms with Crippen molar-refractivity contribution in [2.75, 3.05) is 0 Å². The molecule has 0 aromatic heterocycles. The number of carbonyl (C=O) groups is 2. The topological polar surface area (TPSA) is 34.1 Å². The lowest BCUT2D eigenvalue weighted by molar-refractivity contribution is -0.134. The van der Waals surface area contributed by atoms with Crippen LogP contribution in [0.2, 0.25) is 0 Å². The second-order valence-corrected chi connectivity index (χ2v) is 7.97. The summed E-state index contributed by atoms with van der Waals surface area (Å²) in [7, 11) is 0. The first-order valence-electron chi connectivity index (χ1n) is 8.44. The van der Waals surface area contributed by atoms with Crippen molar-refractivity contribution < 1.29 is 9.59 Å². The fourth-order valence-corrected chi connectivity index (χ4v) is 3.91. The van der Waals surface area contributed by atoms with Gasteiger partial charge in [0.05, 0.1) is 0 Å². The highest BCUT2D eigenvalue weighted by atomic mass is 16.1. The van der Waals surface area contributed by atoms with E-state index in [9.17, 15) is 9.59 Å². The summed E-state index contributed by atoms with van der Waals surface area (Å²) < 4.78 is 0. The molecule has 0 bridgehead atoms. The monoisotopic (exact) mass is 278 g/mol. The molecule has 0 N–H and O–H groups in total. The minimum Gasteiger partial charge on any atom is -0.299 e. The molecule has 2 saturated carbocycles. The summed E-state index contributed by atoms with van der Waals surface area (Å²) in [4.78, 5) is 24.3. The highest BCUT2D eigenvalue weighted by Gasteiger charge is 2.36. The number of rotatable bonds is 3. The van der Waals surface area contributed by atoms with Crippen LogP contribution in [0, 0.1) is 23.2 Å². The van der Waals surface area contributed by atoms with Gasteiger partial charge in [-0.15, -0.1) is 0 Å². The number of hydrogen-bond acceptors (Lipinski definition) is 2. The maximum Gasteiger partial charge on any atom is 0.138 e. The van der Waals surface area contributed by atoms with Crippen LogP contribution in [0.15, 0.2) is 0 Å². The minimum atomic E-state index is -0.307. The third-order valence-corrected chi connectivity index (χ3v) is 5.39. The Bertz CT molecular complexity index is 358. The first-order valence-corrected chi connectivity index (χ1v) is 8.44. The van der Waals surface area contributed by atoms with Gasteiger partial charge >= 0.3 is 0 Å². The van der Waals surface area contributed by atoms with E-state index in [1.807, 2.05) is 20.8 Å². The fourth-order valence-electron chi connectivity index (χ4n) is 3.91. The van der Waals surface area contributed by atoms with Crippen molar-refractivity contribution in [2.45, 2.75) is 78.6 Å². The van der Waals surface area contributed by atoms with Crippen molar-refractivity contribution >= 4 is 11.6 Å². The molecule has 0 amide bonds. The smallest absolute Gasteiger partial charge is 0.138 e. The summed E-state index contributed by atoms with van der Waals surface area (Å²) in [6, 6.07) is 0. The molecule has 2 unspecified atom stereocenters. The fraction of sp³-hybridized carbons (Fsp3) is 0.889. The molecule has 114 valence electrons. The van der Waals surface area contributed by atoms with Gasteiger partial charge in [0.1, 0.15) is 11.6 Å². The van der Waals surface area contributed by atoms with Crippen LogP contribution in [0.5, 0.6) is 0 Å². The van der Waals surface area contributed by atoms with Crippen molar-refractivity contribution in [2.24, 2.45) is 23.2 Å². The summed E-state index contributed by atoms with van der Waals surface area (Å²) in [6.45, 7) is 5.88. The third-order valence-electron chi connectivity index (χ3n) is 5.39. The number of Topliss-reactive ketones (excluding diaryl/α,β-unsaturated/α-hetero) is 2. The molecule has 0 saturated heterocycles. The SMILES string of the molecule is CC(C)(C)C(=O)CC1CC(C2CCCCC2)CCC1=O. The Morgan fingerprint density at radius 2 is 1.70 bits per heavy atom. The summed E-state index contributed by atoms with van der Waals surface area (Å²) >= 11 is 0. The predicted molar refractivity (Wildman–Crippen MR) is 81.5 cm³/mol. The predicted octanol–water partition coefficient (Wildman–Crippen LogP) is 4.56. The Labute approximate surface area is 123 Å². The molecule has 0 aliphatic heterocycles. The van der Waals surface area contributed by atoms with Gasteiger partial charge in [0.15, 0.2) is 0 Å². The molecule has 2 aliphatic rings. The van der Waals surface area contributed by atoms with Crippen LogP contribution < -0.4 is 0 Å². The van der Waals surface area contributed by atoms with Crippen LogP contribution in [-0.4, -0.2) is 11.6 Å². The van der Waals surface area contributed by atoms with Crippen molar-refractivity contribution in [3.05, 3.63) is 0 Å². The molecule has 2 nitrogen and oxygen atoms in total. The zero-order valence-corrected chi connectivity index (χ0v) is 13.4. The third kappa shape index (κ3) is 3.93. The van der Waals surface area contributed by atoms with E-state index in [0.29, 0.717) is 24.5 Å². The van der Waals surface area contributed by atoms with Crippen LogP contribution in [0.1, 0.15) is 78.6 Å². The lowest BCUT2D eigenvalue weighted by atomic mass is 9.68. The number of hydrogen-bond donors (Lipinski definition) is 0. The highest BCUT2D eigenvalue weighted by Crippen LogP contribution is 2.40. The van der Waals surface area contributed by atoms with Crippen molar-refractivity contribution in [3.8, 4) is 0 Å². The molecular formula is C18H30O2. The first-order chi connectivity index (χ1) is 9.38. The molecule has 0 heterocycles. The Morgan fingerprint density at radius 3 is 2.30 bits per heavy atom. The van der Waals surface area contributed by atoms with Crippen molar-refractivity contribution in [1.82, 2.24) is 0 Å². The largest absolute Gasteiger partial charge is 0.299 e. The van der Waals surface area contributed by atoms with Crippen LogP contribution in [-0.2, 0) is 9.59 Å². The van der Waals surface area contributed by atoms with E-state index in [0.717, 1.165) is 18.8 Å². The van der Waals surface area contributed by atoms with E-state index in [1.54, 1.807) is 0 Å². The van der Waals surface area contributed by atoms with Crippen LogP contribution in [0.4, 0.5) is 0 Å². The van der Waals surface area contributed by atoms with Gasteiger partial charge in [-0.25, -0.2) is 0 Å². The minimum absolute atomic E-state index is 0.0161. The molecule has 0 spiro atoms. The molecule has 0 aromatic rings. The zero-order valence-electron chi connectivity index (χ0n) is 13.4. The molecule has 0 radical (unpaired) electrons. The Hall–Kier alpha value is -0.660. The summed E-state index contributed by atoms with van der Waals surface area (Å²) in [5, 5.41) is 0. The van der Waals surface area contributed by atoms with Gasteiger partial charge in [0, 0.05) is 24.2 Å². The standard InChI is InChI=1S/C18H30O2/c1-18(2,3)17(20)12-15-11-14(9-10-16(15)19)13-7-5-4-6-8-13/h13-15H,4-12H2,1-3H3. The van der Waals surface area contributed by atoms with Gasteiger partial charge in [-0.2, -0.15) is 0 Å². The lowest BCUT2D eigenvalue weighted by Gasteiger charge is -2.36. The van der Waals surface area contributed by atoms with Gasteiger partial charge < -0.3 is 0 Å². The van der Waals surface area contributed by atoms with Gasteiger partial charge in [0.2, 0.25) is 0 Å². The molecule has 2 aliphatic carbocycles. The highest BCUT2D eigenvalue weighted by molar-refractivity contribution is 5.90. The molecule has 2 heteroatoms. The van der Waals surface area contributed by atoms with E-state index in [4.69, 9.17) is 0 Å².